The monoisotopic (exact) mass is 499 g/mol. The van der Waals surface area contributed by atoms with Gasteiger partial charge >= 0.3 is 0 Å². The molecule has 10 heteroatoms. The fourth-order valence-corrected chi connectivity index (χ4v) is 4.10. The zero-order valence-corrected chi connectivity index (χ0v) is 19.7. The third-order valence-corrected chi connectivity index (χ3v) is 6.18. The Morgan fingerprint density at radius 3 is 2.56 bits per heavy atom. The van der Waals surface area contributed by atoms with Crippen LogP contribution in [0.3, 0.4) is 0 Å². The molecular formula is C24H19ClFN3O4S. The summed E-state index contributed by atoms with van der Waals surface area (Å²) in [5.41, 5.74) is 1.09. The number of nitrogens with zero attached hydrogens (tertiary/aromatic N) is 1. The number of furan rings is 1. The highest BCUT2D eigenvalue weighted by atomic mass is 35.5. The Labute approximate surface area is 203 Å². The van der Waals surface area contributed by atoms with Gasteiger partial charge in [0.1, 0.15) is 33.8 Å². The summed E-state index contributed by atoms with van der Waals surface area (Å²) < 4.78 is 25.1. The number of carbonyl (C=O) groups is 2. The molecule has 0 bridgehead atoms. The van der Waals surface area contributed by atoms with Crippen LogP contribution in [0, 0.1) is 19.7 Å². The van der Waals surface area contributed by atoms with Crippen molar-refractivity contribution in [1.82, 2.24) is 4.98 Å². The maximum Gasteiger partial charge on any atom is 0.267 e. The van der Waals surface area contributed by atoms with Gasteiger partial charge in [0, 0.05) is 10.7 Å². The molecule has 0 atom stereocenters. The van der Waals surface area contributed by atoms with Crippen LogP contribution in [-0.4, -0.2) is 16.8 Å². The molecule has 0 aliphatic rings. The fraction of sp³-hybridized carbons (Fsp3) is 0.125. The molecular weight excluding hydrogens is 481 g/mol. The first-order valence-corrected chi connectivity index (χ1v) is 11.3. The van der Waals surface area contributed by atoms with Gasteiger partial charge in [0.05, 0.1) is 23.2 Å². The molecule has 0 fully saturated rings. The molecule has 4 aromatic rings. The number of benzene rings is 2. The number of aryl methyl sites for hydroxylation is 2. The van der Waals surface area contributed by atoms with Crippen molar-refractivity contribution in [2.75, 3.05) is 10.6 Å². The molecule has 34 heavy (non-hydrogen) atoms. The van der Waals surface area contributed by atoms with Gasteiger partial charge in [-0.2, -0.15) is 0 Å². The largest absolute Gasteiger partial charge is 0.486 e. The second-order valence-corrected chi connectivity index (χ2v) is 8.78. The summed E-state index contributed by atoms with van der Waals surface area (Å²) >= 11 is 7.07. The Hall–Kier alpha value is -3.69. The third kappa shape index (κ3) is 5.44. The third-order valence-electron chi connectivity index (χ3n) is 4.80. The van der Waals surface area contributed by atoms with Crippen LogP contribution >= 0.6 is 22.9 Å². The predicted octanol–water partition coefficient (Wildman–Crippen LogP) is 6.23. The summed E-state index contributed by atoms with van der Waals surface area (Å²) in [5.74, 6) is -0.503. The van der Waals surface area contributed by atoms with Gasteiger partial charge in [0.25, 0.3) is 11.8 Å². The second kappa shape index (κ2) is 10.1. The Morgan fingerprint density at radius 2 is 1.85 bits per heavy atom. The van der Waals surface area contributed by atoms with E-state index >= 15 is 0 Å². The van der Waals surface area contributed by atoms with Crippen LogP contribution in [0.4, 0.5) is 15.8 Å². The van der Waals surface area contributed by atoms with Crippen molar-refractivity contribution in [2.24, 2.45) is 0 Å². The summed E-state index contributed by atoms with van der Waals surface area (Å²) in [7, 11) is 0. The van der Waals surface area contributed by atoms with Crippen molar-refractivity contribution in [1.29, 1.82) is 0 Å². The predicted molar refractivity (Wildman–Crippen MR) is 128 cm³/mol. The molecule has 0 radical (unpaired) electrons. The highest BCUT2D eigenvalue weighted by Crippen LogP contribution is 2.25. The lowest BCUT2D eigenvalue weighted by Crippen LogP contribution is -2.15. The molecule has 0 saturated carbocycles. The minimum atomic E-state index is -0.636. The van der Waals surface area contributed by atoms with Crippen molar-refractivity contribution < 1.29 is 23.1 Å². The molecule has 0 unspecified atom stereocenters. The minimum absolute atomic E-state index is 0.0681. The Balaban J connectivity index is 1.43. The van der Waals surface area contributed by atoms with E-state index in [-0.39, 0.29) is 12.3 Å². The van der Waals surface area contributed by atoms with Gasteiger partial charge in [-0.05, 0) is 62.4 Å². The van der Waals surface area contributed by atoms with E-state index in [2.05, 4.69) is 15.6 Å². The van der Waals surface area contributed by atoms with Crippen LogP contribution in [0.5, 0.6) is 5.75 Å². The van der Waals surface area contributed by atoms with E-state index in [0.29, 0.717) is 43.4 Å². The van der Waals surface area contributed by atoms with Gasteiger partial charge in [0.2, 0.25) is 0 Å². The van der Waals surface area contributed by atoms with Gasteiger partial charge < -0.3 is 19.8 Å². The Bertz CT molecular complexity index is 1350. The lowest BCUT2D eigenvalue weighted by atomic mass is 10.2. The molecule has 2 heterocycles. The van der Waals surface area contributed by atoms with E-state index in [0.717, 1.165) is 0 Å². The van der Waals surface area contributed by atoms with Gasteiger partial charge in [-0.25, -0.2) is 9.37 Å². The topological polar surface area (TPSA) is 93.5 Å². The van der Waals surface area contributed by atoms with Gasteiger partial charge in [-0.3, -0.25) is 9.59 Å². The number of rotatable bonds is 7. The summed E-state index contributed by atoms with van der Waals surface area (Å²) in [5, 5.41) is 6.45. The molecule has 4 rings (SSSR count). The smallest absolute Gasteiger partial charge is 0.267 e. The summed E-state index contributed by atoms with van der Waals surface area (Å²) in [6.07, 6.45) is 1.38. The average molecular weight is 500 g/mol. The number of halogens is 2. The number of anilines is 2. The summed E-state index contributed by atoms with van der Waals surface area (Å²) in [6.45, 7) is 3.55. The van der Waals surface area contributed by atoms with Crippen molar-refractivity contribution >= 4 is 46.1 Å². The van der Waals surface area contributed by atoms with Crippen molar-refractivity contribution in [3.05, 3.63) is 92.5 Å². The minimum Gasteiger partial charge on any atom is -0.486 e. The zero-order valence-electron chi connectivity index (χ0n) is 18.1. The number of ether oxygens (including phenoxy) is 1. The number of hydrogen-bond acceptors (Lipinski definition) is 6. The summed E-state index contributed by atoms with van der Waals surface area (Å²) in [6, 6.07) is 12.4. The summed E-state index contributed by atoms with van der Waals surface area (Å²) in [4.78, 5) is 30.0. The molecule has 0 spiro atoms. The molecule has 174 valence electrons. The molecule has 7 nitrogen and oxygen atoms in total. The number of thiazole rings is 1. The van der Waals surface area contributed by atoms with E-state index in [4.69, 9.17) is 20.8 Å². The molecule has 2 amide bonds. The van der Waals surface area contributed by atoms with Crippen LogP contribution in [0.2, 0.25) is 5.02 Å². The van der Waals surface area contributed by atoms with Crippen molar-refractivity contribution in [2.45, 2.75) is 20.5 Å². The maximum atomic E-state index is 14.3. The normalized spacial score (nSPS) is 10.7. The van der Waals surface area contributed by atoms with E-state index in [9.17, 15) is 14.0 Å². The number of amides is 2. The highest BCUT2D eigenvalue weighted by Gasteiger charge is 2.18. The van der Waals surface area contributed by atoms with Crippen LogP contribution in [0.1, 0.15) is 36.5 Å². The van der Waals surface area contributed by atoms with Crippen LogP contribution in [0.25, 0.3) is 0 Å². The second-order valence-electron chi connectivity index (χ2n) is 7.26. The first kappa shape index (κ1) is 23.5. The molecule has 0 saturated heterocycles. The quantitative estimate of drug-likeness (QED) is 0.314. The molecule has 2 N–H and O–H groups in total. The van der Waals surface area contributed by atoms with E-state index < -0.39 is 17.6 Å². The fourth-order valence-electron chi connectivity index (χ4n) is 3.10. The van der Waals surface area contributed by atoms with E-state index in [1.807, 2.05) is 0 Å². The molecule has 2 aromatic carbocycles. The van der Waals surface area contributed by atoms with Crippen LogP contribution < -0.4 is 15.4 Å². The lowest BCUT2D eigenvalue weighted by Gasteiger charge is -2.09. The number of aromatic nitrogens is 1. The first-order chi connectivity index (χ1) is 16.3. The van der Waals surface area contributed by atoms with Crippen LogP contribution in [-0.2, 0) is 6.61 Å². The molecule has 0 aliphatic carbocycles. The number of carbonyl (C=O) groups excluding carboxylic acids is 2. The number of nitrogens with one attached hydrogen (secondary N) is 2. The SMILES string of the molecule is Cc1nc(COc2ccc(Cl)cc2)sc1C(=O)Nc1ccc(F)c(NC(=O)c2ccoc2C)c1. The van der Waals surface area contributed by atoms with Gasteiger partial charge in [-0.15, -0.1) is 11.3 Å². The lowest BCUT2D eigenvalue weighted by molar-refractivity contribution is 0.101. The average Bonchev–Trinajstić information content (AvgIpc) is 3.41. The molecule has 2 aromatic heterocycles. The van der Waals surface area contributed by atoms with Crippen LogP contribution in [0.15, 0.2) is 59.2 Å². The van der Waals surface area contributed by atoms with E-state index in [1.54, 1.807) is 38.1 Å². The van der Waals surface area contributed by atoms with Crippen molar-refractivity contribution in [3.63, 3.8) is 0 Å². The maximum absolute atomic E-state index is 14.3. The van der Waals surface area contributed by atoms with Gasteiger partial charge in [-0.1, -0.05) is 11.6 Å². The zero-order chi connectivity index (χ0) is 24.2. The number of hydrogen-bond donors (Lipinski definition) is 2. The Kier molecular flexibility index (Phi) is 6.95. The van der Waals surface area contributed by atoms with E-state index in [1.165, 1.54) is 41.9 Å². The van der Waals surface area contributed by atoms with Gasteiger partial charge in [0.15, 0.2) is 0 Å². The highest BCUT2D eigenvalue weighted by molar-refractivity contribution is 7.13. The molecule has 0 aliphatic heterocycles. The standard InChI is InChI=1S/C24H19ClFN3O4S/c1-13-22(34-21(27-13)12-33-17-6-3-15(25)4-7-17)24(31)28-16-5-8-19(26)20(11-16)29-23(30)18-9-10-32-14(18)2/h3-11H,12H2,1-2H3,(H,28,31)(H,29,30). The Morgan fingerprint density at radius 1 is 1.09 bits per heavy atom. The first-order valence-electron chi connectivity index (χ1n) is 10.1. The van der Waals surface area contributed by atoms with Crippen molar-refractivity contribution in [3.8, 4) is 5.75 Å².